The Labute approximate surface area is 160 Å². The average Bonchev–Trinajstić information content (AvgIpc) is 3.19. The first kappa shape index (κ1) is 17.7. The lowest BCUT2D eigenvalue weighted by Gasteiger charge is -2.13. The third kappa shape index (κ3) is 4.01. The van der Waals surface area contributed by atoms with E-state index < -0.39 is 5.82 Å². The Kier molecular flexibility index (Phi) is 5.01. The fraction of sp³-hybridized carbons (Fsp3) is 0.150. The third-order valence-corrected chi connectivity index (χ3v) is 4.08. The second-order valence-corrected chi connectivity index (χ2v) is 6.28. The molecular weight excluding hydrogens is 359 g/mol. The Morgan fingerprint density at radius 1 is 1.07 bits per heavy atom. The van der Waals surface area contributed by atoms with Gasteiger partial charge < -0.3 is 9.84 Å². The second-order valence-electron chi connectivity index (χ2n) is 6.28. The second kappa shape index (κ2) is 7.91. The van der Waals surface area contributed by atoms with E-state index in [0.717, 1.165) is 12.1 Å². The molecule has 1 aromatic carbocycles. The molecule has 0 spiro atoms. The van der Waals surface area contributed by atoms with Crippen LogP contribution in [0.15, 0.2) is 65.7 Å². The molecular formula is C20H17FN6O. The molecule has 28 heavy (non-hydrogen) atoms. The summed E-state index contributed by atoms with van der Waals surface area (Å²) in [5, 5.41) is 7.17. The maximum Gasteiger partial charge on any atom is 0.259 e. The van der Waals surface area contributed by atoms with Crippen LogP contribution in [0, 0.1) is 5.82 Å². The molecule has 0 saturated carbocycles. The minimum Gasteiger partial charge on any atom is -0.367 e. The van der Waals surface area contributed by atoms with Crippen molar-refractivity contribution in [1.82, 2.24) is 25.1 Å². The van der Waals surface area contributed by atoms with Gasteiger partial charge in [0.1, 0.15) is 11.6 Å². The lowest BCUT2D eigenvalue weighted by atomic mass is 10.2. The standard InChI is InChI=1S/C20H17FN6O/c1-13(10-15-12-22-8-9-23-15)25-18-7-6-14(11-24-18)20-26-19(27-28-20)16-4-2-3-5-17(16)21/h2-9,11-13H,10H2,1H3,(H,24,25)/t13-/m1/s1. The highest BCUT2D eigenvalue weighted by atomic mass is 19.1. The zero-order valence-electron chi connectivity index (χ0n) is 15.1. The van der Waals surface area contributed by atoms with E-state index in [2.05, 4.69) is 30.4 Å². The number of aromatic nitrogens is 5. The number of halogens is 1. The Balaban J connectivity index is 1.44. The van der Waals surface area contributed by atoms with Gasteiger partial charge in [-0.2, -0.15) is 4.98 Å². The molecule has 3 heterocycles. The highest BCUT2D eigenvalue weighted by molar-refractivity contribution is 5.60. The van der Waals surface area contributed by atoms with Gasteiger partial charge in [-0.05, 0) is 31.2 Å². The molecule has 1 N–H and O–H groups in total. The molecule has 0 aliphatic carbocycles. The van der Waals surface area contributed by atoms with Crippen LogP contribution >= 0.6 is 0 Å². The minimum atomic E-state index is -0.399. The van der Waals surface area contributed by atoms with Gasteiger partial charge in [0.2, 0.25) is 5.82 Å². The van der Waals surface area contributed by atoms with E-state index in [1.807, 2.05) is 19.1 Å². The average molecular weight is 376 g/mol. The number of nitrogens with zero attached hydrogens (tertiary/aromatic N) is 5. The van der Waals surface area contributed by atoms with Crippen LogP contribution in [-0.2, 0) is 6.42 Å². The first-order chi connectivity index (χ1) is 13.7. The largest absolute Gasteiger partial charge is 0.367 e. The Morgan fingerprint density at radius 2 is 1.96 bits per heavy atom. The van der Waals surface area contributed by atoms with Crippen molar-refractivity contribution in [2.24, 2.45) is 0 Å². The molecule has 140 valence electrons. The van der Waals surface area contributed by atoms with Crippen LogP contribution in [0.5, 0.6) is 0 Å². The SMILES string of the molecule is C[C@H](Cc1cnccn1)Nc1ccc(-c2nc(-c3ccccc3F)no2)cn1. The summed E-state index contributed by atoms with van der Waals surface area (Å²) in [5.74, 6) is 0.802. The minimum absolute atomic E-state index is 0.131. The topological polar surface area (TPSA) is 89.6 Å². The molecule has 0 radical (unpaired) electrons. The summed E-state index contributed by atoms with van der Waals surface area (Å²) in [6, 6.07) is 10.1. The van der Waals surface area contributed by atoms with Gasteiger partial charge in [0, 0.05) is 37.3 Å². The Hall–Kier alpha value is -3.68. The van der Waals surface area contributed by atoms with E-state index >= 15 is 0 Å². The summed E-state index contributed by atoms with van der Waals surface area (Å²) in [4.78, 5) is 17.0. The number of pyridine rings is 1. The quantitative estimate of drug-likeness (QED) is 0.548. The summed E-state index contributed by atoms with van der Waals surface area (Å²) >= 11 is 0. The monoisotopic (exact) mass is 376 g/mol. The van der Waals surface area contributed by atoms with Crippen LogP contribution in [-0.4, -0.2) is 31.1 Å². The van der Waals surface area contributed by atoms with Crippen LogP contribution in [0.3, 0.4) is 0 Å². The molecule has 4 rings (SSSR count). The van der Waals surface area contributed by atoms with Gasteiger partial charge in [-0.3, -0.25) is 9.97 Å². The van der Waals surface area contributed by atoms with Gasteiger partial charge in [0.25, 0.3) is 5.89 Å². The third-order valence-electron chi connectivity index (χ3n) is 4.08. The lowest BCUT2D eigenvalue weighted by molar-refractivity contribution is 0.431. The highest BCUT2D eigenvalue weighted by Crippen LogP contribution is 2.24. The van der Waals surface area contributed by atoms with Gasteiger partial charge in [-0.1, -0.05) is 17.3 Å². The van der Waals surface area contributed by atoms with E-state index in [4.69, 9.17) is 4.52 Å². The van der Waals surface area contributed by atoms with Crippen molar-refractivity contribution in [1.29, 1.82) is 0 Å². The summed E-state index contributed by atoms with van der Waals surface area (Å²) in [6.45, 7) is 2.04. The molecule has 0 unspecified atom stereocenters. The number of hydrogen-bond donors (Lipinski definition) is 1. The van der Waals surface area contributed by atoms with E-state index in [1.54, 1.807) is 43.0 Å². The Bertz CT molecular complexity index is 1050. The molecule has 3 aromatic heterocycles. The molecule has 0 amide bonds. The maximum atomic E-state index is 13.9. The van der Waals surface area contributed by atoms with Gasteiger partial charge in [-0.15, -0.1) is 0 Å². The number of hydrogen-bond acceptors (Lipinski definition) is 7. The fourth-order valence-electron chi connectivity index (χ4n) is 2.75. The summed E-state index contributed by atoms with van der Waals surface area (Å²) in [7, 11) is 0. The summed E-state index contributed by atoms with van der Waals surface area (Å²) < 4.78 is 19.1. The zero-order valence-corrected chi connectivity index (χ0v) is 15.1. The number of anilines is 1. The molecule has 8 heteroatoms. The van der Waals surface area contributed by atoms with Crippen molar-refractivity contribution < 1.29 is 8.91 Å². The van der Waals surface area contributed by atoms with E-state index in [1.165, 1.54) is 6.07 Å². The smallest absolute Gasteiger partial charge is 0.259 e. The van der Waals surface area contributed by atoms with E-state index in [0.29, 0.717) is 16.9 Å². The van der Waals surface area contributed by atoms with Crippen molar-refractivity contribution in [2.75, 3.05) is 5.32 Å². The molecule has 1 atom stereocenters. The van der Waals surface area contributed by atoms with Crippen molar-refractivity contribution in [3.05, 3.63) is 72.7 Å². The number of rotatable bonds is 6. The van der Waals surface area contributed by atoms with Crippen molar-refractivity contribution in [3.63, 3.8) is 0 Å². The first-order valence-corrected chi connectivity index (χ1v) is 8.75. The predicted octanol–water partition coefficient (Wildman–Crippen LogP) is 3.77. The van der Waals surface area contributed by atoms with Crippen molar-refractivity contribution in [3.8, 4) is 22.8 Å². The lowest BCUT2D eigenvalue weighted by Crippen LogP contribution is -2.19. The van der Waals surface area contributed by atoms with Crippen LogP contribution < -0.4 is 5.32 Å². The van der Waals surface area contributed by atoms with Gasteiger partial charge in [-0.25, -0.2) is 9.37 Å². The van der Waals surface area contributed by atoms with Crippen molar-refractivity contribution >= 4 is 5.82 Å². The summed E-state index contributed by atoms with van der Waals surface area (Å²) in [6.07, 6.45) is 7.44. The number of nitrogens with one attached hydrogen (secondary N) is 1. The van der Waals surface area contributed by atoms with Gasteiger partial charge in [0.15, 0.2) is 0 Å². The maximum absolute atomic E-state index is 13.9. The highest BCUT2D eigenvalue weighted by Gasteiger charge is 2.14. The predicted molar refractivity (Wildman–Crippen MR) is 102 cm³/mol. The van der Waals surface area contributed by atoms with E-state index in [9.17, 15) is 4.39 Å². The van der Waals surface area contributed by atoms with E-state index in [-0.39, 0.29) is 17.8 Å². The molecule has 7 nitrogen and oxygen atoms in total. The molecule has 0 aliphatic rings. The molecule has 0 aliphatic heterocycles. The van der Waals surface area contributed by atoms with Crippen LogP contribution in [0.2, 0.25) is 0 Å². The molecule has 0 fully saturated rings. The number of benzene rings is 1. The van der Waals surface area contributed by atoms with Gasteiger partial charge >= 0.3 is 0 Å². The molecule has 4 aromatic rings. The van der Waals surface area contributed by atoms with Gasteiger partial charge in [0.05, 0.1) is 16.8 Å². The zero-order chi connectivity index (χ0) is 19.3. The van der Waals surface area contributed by atoms with Crippen LogP contribution in [0.1, 0.15) is 12.6 Å². The fourth-order valence-corrected chi connectivity index (χ4v) is 2.75. The summed E-state index contributed by atoms with van der Waals surface area (Å²) in [5.41, 5.74) is 1.86. The van der Waals surface area contributed by atoms with Crippen LogP contribution in [0.25, 0.3) is 22.8 Å². The molecule has 0 bridgehead atoms. The van der Waals surface area contributed by atoms with Crippen LogP contribution in [0.4, 0.5) is 10.2 Å². The molecule has 0 saturated heterocycles. The first-order valence-electron chi connectivity index (χ1n) is 8.75. The van der Waals surface area contributed by atoms with Crippen molar-refractivity contribution in [2.45, 2.75) is 19.4 Å². The Morgan fingerprint density at radius 3 is 2.71 bits per heavy atom. The normalized spacial score (nSPS) is 11.9.